The van der Waals surface area contributed by atoms with Crippen LogP contribution in [0.15, 0.2) is 29.8 Å². The number of nitrogens with two attached hydrogens (primary N) is 1. The Morgan fingerprint density at radius 3 is 2.85 bits per heavy atom. The normalized spacial score (nSPS) is 11.6. The van der Waals surface area contributed by atoms with Crippen LogP contribution in [0.3, 0.4) is 0 Å². The molecule has 0 atom stereocenters. The fraction of sp³-hybridized carbons (Fsp3) is 0.267. The second-order valence-electron chi connectivity index (χ2n) is 5.34. The summed E-state index contributed by atoms with van der Waals surface area (Å²) in [6.45, 7) is 4.45. The van der Waals surface area contributed by atoms with Crippen molar-refractivity contribution < 1.29 is 0 Å². The summed E-state index contributed by atoms with van der Waals surface area (Å²) in [6.07, 6.45) is 3.19. The van der Waals surface area contributed by atoms with E-state index in [0.29, 0.717) is 11.7 Å². The third-order valence-electron chi connectivity index (χ3n) is 3.19. The summed E-state index contributed by atoms with van der Waals surface area (Å²) in [4.78, 5) is 4.37. The van der Waals surface area contributed by atoms with Crippen molar-refractivity contribution in [3.63, 3.8) is 0 Å². The van der Waals surface area contributed by atoms with Crippen molar-refractivity contribution in [2.45, 2.75) is 20.3 Å². The Labute approximate surface area is 127 Å². The van der Waals surface area contributed by atoms with Gasteiger partial charge in [0.25, 0.3) is 0 Å². The van der Waals surface area contributed by atoms with E-state index in [4.69, 9.17) is 17.3 Å². The maximum absolute atomic E-state index is 6.14. The first-order valence-electron chi connectivity index (χ1n) is 6.55. The molecular formula is C15H16ClN3S. The van der Waals surface area contributed by atoms with Crippen LogP contribution in [0.5, 0.6) is 0 Å². The molecule has 3 nitrogen and oxygen atoms in total. The molecule has 0 saturated heterocycles. The Hall–Kier alpha value is -1.52. The molecule has 0 amide bonds. The molecule has 0 aliphatic rings. The number of halogens is 1. The smallest absolute Gasteiger partial charge is 0.196 e. The van der Waals surface area contributed by atoms with Gasteiger partial charge in [-0.3, -0.25) is 4.57 Å². The van der Waals surface area contributed by atoms with E-state index < -0.39 is 0 Å². The highest BCUT2D eigenvalue weighted by Gasteiger charge is 2.13. The molecule has 3 rings (SSSR count). The van der Waals surface area contributed by atoms with Crippen LogP contribution >= 0.6 is 22.9 Å². The maximum atomic E-state index is 6.14. The van der Waals surface area contributed by atoms with Crippen molar-refractivity contribution in [3.8, 4) is 5.13 Å². The lowest BCUT2D eigenvalue weighted by Crippen LogP contribution is -1.94. The topological polar surface area (TPSA) is 43.8 Å². The van der Waals surface area contributed by atoms with E-state index in [1.54, 1.807) is 0 Å². The average molecular weight is 306 g/mol. The molecule has 0 bridgehead atoms. The minimum atomic E-state index is 0.555. The second kappa shape index (κ2) is 5.11. The van der Waals surface area contributed by atoms with Gasteiger partial charge in [-0.15, -0.1) is 11.3 Å². The predicted molar refractivity (Wildman–Crippen MR) is 86.9 cm³/mol. The van der Waals surface area contributed by atoms with Crippen LogP contribution in [0.1, 0.15) is 19.4 Å². The number of rotatable bonds is 3. The van der Waals surface area contributed by atoms with Gasteiger partial charge in [-0.2, -0.15) is 0 Å². The zero-order valence-electron chi connectivity index (χ0n) is 11.4. The fourth-order valence-electron chi connectivity index (χ4n) is 2.42. The van der Waals surface area contributed by atoms with E-state index in [1.165, 1.54) is 22.3 Å². The third-order valence-corrected chi connectivity index (χ3v) is 4.29. The molecule has 2 N–H and O–H groups in total. The van der Waals surface area contributed by atoms with Crippen molar-refractivity contribution in [2.24, 2.45) is 5.92 Å². The standard InChI is InChI=1S/C15H16ClN3S/c1-9(2)5-10-7-19(15-18-14(17)8-20-15)13-6-11(16)3-4-12(10)13/h3-4,6-9H,5,17H2,1-2H3. The Kier molecular flexibility index (Phi) is 3.44. The minimum absolute atomic E-state index is 0.555. The van der Waals surface area contributed by atoms with Crippen molar-refractivity contribution in [2.75, 3.05) is 5.73 Å². The van der Waals surface area contributed by atoms with Crippen LogP contribution in [0, 0.1) is 5.92 Å². The monoisotopic (exact) mass is 305 g/mol. The summed E-state index contributed by atoms with van der Waals surface area (Å²) in [5.74, 6) is 1.16. The second-order valence-corrected chi connectivity index (χ2v) is 6.61. The van der Waals surface area contributed by atoms with Gasteiger partial charge in [0.2, 0.25) is 0 Å². The van der Waals surface area contributed by atoms with E-state index in [-0.39, 0.29) is 0 Å². The number of nitrogens with zero attached hydrogens (tertiary/aromatic N) is 2. The molecule has 0 aliphatic carbocycles. The van der Waals surface area contributed by atoms with E-state index in [0.717, 1.165) is 22.1 Å². The lowest BCUT2D eigenvalue weighted by Gasteiger charge is -2.02. The first-order chi connectivity index (χ1) is 9.54. The van der Waals surface area contributed by atoms with Gasteiger partial charge < -0.3 is 5.73 Å². The largest absolute Gasteiger partial charge is 0.383 e. The molecule has 104 valence electrons. The zero-order valence-corrected chi connectivity index (χ0v) is 13.0. The van der Waals surface area contributed by atoms with E-state index in [2.05, 4.69) is 35.7 Å². The fourth-order valence-corrected chi connectivity index (χ4v) is 3.29. The third kappa shape index (κ3) is 2.41. The quantitative estimate of drug-likeness (QED) is 0.773. The first kappa shape index (κ1) is 13.5. The number of benzene rings is 1. The number of fused-ring (bicyclic) bond motifs is 1. The lowest BCUT2D eigenvalue weighted by molar-refractivity contribution is 0.649. The summed E-state index contributed by atoms with van der Waals surface area (Å²) in [5, 5.41) is 4.70. The minimum Gasteiger partial charge on any atom is -0.383 e. The number of hydrogen-bond donors (Lipinski definition) is 1. The zero-order chi connectivity index (χ0) is 14.3. The lowest BCUT2D eigenvalue weighted by atomic mass is 10.0. The highest BCUT2D eigenvalue weighted by atomic mass is 35.5. The van der Waals surface area contributed by atoms with Crippen molar-refractivity contribution in [3.05, 3.63) is 40.4 Å². The number of anilines is 1. The molecule has 20 heavy (non-hydrogen) atoms. The van der Waals surface area contributed by atoms with Crippen LogP contribution in [-0.4, -0.2) is 9.55 Å². The highest BCUT2D eigenvalue weighted by molar-refractivity contribution is 7.12. The van der Waals surface area contributed by atoms with Gasteiger partial charge in [-0.1, -0.05) is 31.5 Å². The van der Waals surface area contributed by atoms with Gasteiger partial charge in [0.15, 0.2) is 5.13 Å². The van der Waals surface area contributed by atoms with Crippen LogP contribution in [-0.2, 0) is 6.42 Å². The van der Waals surface area contributed by atoms with E-state index in [9.17, 15) is 0 Å². The van der Waals surface area contributed by atoms with Gasteiger partial charge in [0, 0.05) is 22.0 Å². The van der Waals surface area contributed by atoms with Crippen LogP contribution in [0.2, 0.25) is 5.02 Å². The molecule has 0 fully saturated rings. The van der Waals surface area contributed by atoms with Gasteiger partial charge in [0.05, 0.1) is 5.52 Å². The Bertz CT molecular complexity index is 758. The molecule has 5 heteroatoms. The summed E-state index contributed by atoms with van der Waals surface area (Å²) in [5.41, 5.74) is 8.14. The summed E-state index contributed by atoms with van der Waals surface area (Å²) in [6, 6.07) is 6.01. The first-order valence-corrected chi connectivity index (χ1v) is 7.81. The Morgan fingerprint density at radius 2 is 2.20 bits per heavy atom. The van der Waals surface area contributed by atoms with Crippen molar-refractivity contribution >= 4 is 39.7 Å². The summed E-state index contributed by atoms with van der Waals surface area (Å²) >= 11 is 7.68. The summed E-state index contributed by atoms with van der Waals surface area (Å²) < 4.78 is 2.08. The van der Waals surface area contributed by atoms with Crippen LogP contribution in [0.25, 0.3) is 16.0 Å². The maximum Gasteiger partial charge on any atom is 0.196 e. The van der Waals surface area contributed by atoms with E-state index in [1.807, 2.05) is 17.5 Å². The molecule has 0 radical (unpaired) electrons. The number of thiazole rings is 1. The predicted octanol–water partition coefficient (Wildman–Crippen LogP) is 4.52. The molecule has 2 heterocycles. The Morgan fingerprint density at radius 1 is 1.40 bits per heavy atom. The van der Waals surface area contributed by atoms with E-state index >= 15 is 0 Å². The molecule has 2 aromatic heterocycles. The molecule has 3 aromatic rings. The molecule has 1 aromatic carbocycles. The molecular weight excluding hydrogens is 290 g/mol. The van der Waals surface area contributed by atoms with Gasteiger partial charge >= 0.3 is 0 Å². The highest BCUT2D eigenvalue weighted by Crippen LogP contribution is 2.30. The average Bonchev–Trinajstić information content (AvgIpc) is 2.93. The van der Waals surface area contributed by atoms with Crippen molar-refractivity contribution in [1.82, 2.24) is 9.55 Å². The SMILES string of the molecule is CC(C)Cc1cn(-c2nc(N)cs2)c2cc(Cl)ccc12. The van der Waals surface area contributed by atoms with Gasteiger partial charge in [-0.25, -0.2) is 4.98 Å². The van der Waals surface area contributed by atoms with Crippen LogP contribution < -0.4 is 5.73 Å². The van der Waals surface area contributed by atoms with Gasteiger partial charge in [0.1, 0.15) is 5.82 Å². The number of aromatic nitrogens is 2. The summed E-state index contributed by atoms with van der Waals surface area (Å²) in [7, 11) is 0. The molecule has 0 unspecified atom stereocenters. The van der Waals surface area contributed by atoms with Crippen molar-refractivity contribution in [1.29, 1.82) is 0 Å². The Balaban J connectivity index is 2.23. The number of hydrogen-bond acceptors (Lipinski definition) is 3. The molecule has 0 spiro atoms. The van der Waals surface area contributed by atoms with Gasteiger partial charge in [-0.05, 0) is 30.0 Å². The number of nitrogen functional groups attached to an aromatic ring is 1. The van der Waals surface area contributed by atoms with Crippen LogP contribution in [0.4, 0.5) is 5.82 Å². The molecule has 0 saturated carbocycles. The molecule has 0 aliphatic heterocycles.